The molecule has 0 bridgehead atoms. The first-order valence-electron chi connectivity index (χ1n) is 8.30. The summed E-state index contributed by atoms with van der Waals surface area (Å²) in [6, 6.07) is 11.6. The van der Waals surface area contributed by atoms with Crippen LogP contribution in [0.25, 0.3) is 0 Å². The third kappa shape index (κ3) is 4.99. The molecule has 0 spiro atoms. The highest BCUT2D eigenvalue weighted by molar-refractivity contribution is 7.89. The maximum Gasteiger partial charge on any atom is 0.265 e. The first-order valence-corrected chi connectivity index (χ1v) is 9.74. The molecule has 0 heterocycles. The van der Waals surface area contributed by atoms with Crippen LogP contribution in [0.4, 0.5) is 5.69 Å². The Balaban J connectivity index is 2.21. The van der Waals surface area contributed by atoms with Gasteiger partial charge in [-0.25, -0.2) is 12.7 Å². The van der Waals surface area contributed by atoms with Crippen molar-refractivity contribution in [3.8, 4) is 11.5 Å². The van der Waals surface area contributed by atoms with Gasteiger partial charge in [-0.1, -0.05) is 17.7 Å². The summed E-state index contributed by atoms with van der Waals surface area (Å²) in [6.07, 6.45) is -0.786. The van der Waals surface area contributed by atoms with Crippen molar-refractivity contribution in [2.24, 2.45) is 0 Å². The molecule has 2 rings (SSSR count). The molecule has 1 atom stereocenters. The summed E-state index contributed by atoms with van der Waals surface area (Å²) in [5, 5.41) is 2.67. The van der Waals surface area contributed by atoms with Crippen LogP contribution in [0.3, 0.4) is 0 Å². The van der Waals surface area contributed by atoms with Crippen molar-refractivity contribution in [2.75, 3.05) is 26.5 Å². The Hall–Kier alpha value is -2.58. The highest BCUT2D eigenvalue weighted by Crippen LogP contribution is 2.28. The predicted molar refractivity (Wildman–Crippen MR) is 104 cm³/mol. The van der Waals surface area contributed by atoms with Crippen molar-refractivity contribution in [1.82, 2.24) is 4.31 Å². The average molecular weight is 392 g/mol. The van der Waals surface area contributed by atoms with E-state index in [9.17, 15) is 13.2 Å². The molecule has 1 amide bonds. The van der Waals surface area contributed by atoms with Gasteiger partial charge in [0.2, 0.25) is 10.0 Å². The van der Waals surface area contributed by atoms with Crippen LogP contribution >= 0.6 is 0 Å². The maximum atomic E-state index is 12.5. The lowest BCUT2D eigenvalue weighted by Gasteiger charge is -2.18. The SMILES string of the molecule is COc1ccc(S(=O)(=O)N(C)C)cc1NC(=O)C(C)Oc1ccc(C)cc1. The number of nitrogens with zero attached hydrogens (tertiary/aromatic N) is 1. The number of aryl methyl sites for hydroxylation is 1. The number of hydrogen-bond acceptors (Lipinski definition) is 5. The van der Waals surface area contributed by atoms with Gasteiger partial charge >= 0.3 is 0 Å². The zero-order chi connectivity index (χ0) is 20.2. The normalized spacial score (nSPS) is 12.5. The molecule has 1 N–H and O–H groups in total. The zero-order valence-corrected chi connectivity index (χ0v) is 16.8. The van der Waals surface area contributed by atoms with E-state index in [1.54, 1.807) is 19.1 Å². The molecule has 0 saturated carbocycles. The fourth-order valence-electron chi connectivity index (χ4n) is 2.26. The molecule has 27 heavy (non-hydrogen) atoms. The lowest BCUT2D eigenvalue weighted by atomic mass is 10.2. The van der Waals surface area contributed by atoms with Crippen molar-refractivity contribution in [1.29, 1.82) is 0 Å². The summed E-state index contributed by atoms with van der Waals surface area (Å²) in [5.41, 5.74) is 1.34. The summed E-state index contributed by atoms with van der Waals surface area (Å²) in [5.74, 6) is 0.496. The van der Waals surface area contributed by atoms with Crippen LogP contribution in [0.2, 0.25) is 0 Å². The van der Waals surface area contributed by atoms with Crippen LogP contribution < -0.4 is 14.8 Å². The summed E-state index contributed by atoms with van der Waals surface area (Å²) < 4.78 is 36.6. The van der Waals surface area contributed by atoms with Gasteiger partial charge in [-0.3, -0.25) is 4.79 Å². The van der Waals surface area contributed by atoms with E-state index < -0.39 is 22.0 Å². The molecule has 2 aromatic rings. The van der Waals surface area contributed by atoms with Crippen LogP contribution in [-0.4, -0.2) is 45.9 Å². The lowest BCUT2D eigenvalue weighted by molar-refractivity contribution is -0.122. The van der Waals surface area contributed by atoms with Gasteiger partial charge in [-0.15, -0.1) is 0 Å². The van der Waals surface area contributed by atoms with E-state index in [-0.39, 0.29) is 10.6 Å². The second-order valence-electron chi connectivity index (χ2n) is 6.21. The van der Waals surface area contributed by atoms with E-state index in [0.29, 0.717) is 11.5 Å². The van der Waals surface area contributed by atoms with Gasteiger partial charge in [0.05, 0.1) is 17.7 Å². The Morgan fingerprint density at radius 3 is 2.30 bits per heavy atom. The largest absolute Gasteiger partial charge is 0.495 e. The fraction of sp³-hybridized carbons (Fsp3) is 0.316. The third-order valence-corrected chi connectivity index (χ3v) is 5.72. The van der Waals surface area contributed by atoms with Crippen molar-refractivity contribution < 1.29 is 22.7 Å². The van der Waals surface area contributed by atoms with E-state index in [1.165, 1.54) is 39.4 Å². The smallest absolute Gasteiger partial charge is 0.265 e. The Kier molecular flexibility index (Phi) is 6.45. The van der Waals surface area contributed by atoms with E-state index >= 15 is 0 Å². The second-order valence-corrected chi connectivity index (χ2v) is 8.36. The third-order valence-electron chi connectivity index (χ3n) is 3.91. The van der Waals surface area contributed by atoms with Crippen molar-refractivity contribution in [3.63, 3.8) is 0 Å². The number of anilines is 1. The molecule has 1 unspecified atom stereocenters. The van der Waals surface area contributed by atoms with Gasteiger partial charge in [-0.05, 0) is 44.2 Å². The van der Waals surface area contributed by atoms with E-state index in [4.69, 9.17) is 9.47 Å². The quantitative estimate of drug-likeness (QED) is 0.783. The molecular weight excluding hydrogens is 368 g/mol. The molecule has 7 nitrogen and oxygen atoms in total. The van der Waals surface area contributed by atoms with Gasteiger partial charge in [0.1, 0.15) is 11.5 Å². The zero-order valence-electron chi connectivity index (χ0n) is 16.0. The number of amides is 1. The Bertz CT molecular complexity index is 908. The number of carbonyl (C=O) groups excluding carboxylic acids is 1. The first-order chi connectivity index (χ1) is 12.6. The highest BCUT2D eigenvalue weighted by Gasteiger charge is 2.21. The van der Waals surface area contributed by atoms with Crippen LogP contribution in [0.15, 0.2) is 47.4 Å². The summed E-state index contributed by atoms with van der Waals surface area (Å²) in [6.45, 7) is 3.57. The number of methoxy groups -OCH3 is 1. The van der Waals surface area contributed by atoms with Gasteiger partial charge in [0.15, 0.2) is 6.10 Å². The molecule has 0 aliphatic rings. The maximum absolute atomic E-state index is 12.5. The molecule has 8 heteroatoms. The van der Waals surface area contributed by atoms with Gasteiger partial charge in [0.25, 0.3) is 5.91 Å². The van der Waals surface area contributed by atoms with Crippen molar-refractivity contribution >= 4 is 21.6 Å². The van der Waals surface area contributed by atoms with Crippen LogP contribution in [0.1, 0.15) is 12.5 Å². The van der Waals surface area contributed by atoms with Gasteiger partial charge < -0.3 is 14.8 Å². The lowest BCUT2D eigenvalue weighted by Crippen LogP contribution is -2.30. The molecule has 0 aliphatic heterocycles. The van der Waals surface area contributed by atoms with Crippen molar-refractivity contribution in [2.45, 2.75) is 24.8 Å². The van der Waals surface area contributed by atoms with E-state index in [0.717, 1.165) is 9.87 Å². The van der Waals surface area contributed by atoms with Gasteiger partial charge in [-0.2, -0.15) is 0 Å². The average Bonchev–Trinajstić information content (AvgIpc) is 2.63. The number of carbonyl (C=O) groups is 1. The Labute approximate surface area is 160 Å². The number of hydrogen-bond donors (Lipinski definition) is 1. The Morgan fingerprint density at radius 2 is 1.74 bits per heavy atom. The second kappa shape index (κ2) is 8.41. The molecule has 0 radical (unpaired) electrons. The molecule has 0 fully saturated rings. The van der Waals surface area contributed by atoms with E-state index in [1.807, 2.05) is 19.1 Å². The molecule has 0 aliphatic carbocycles. The topological polar surface area (TPSA) is 84.9 Å². The van der Waals surface area contributed by atoms with E-state index in [2.05, 4.69) is 5.32 Å². The molecule has 0 saturated heterocycles. The monoisotopic (exact) mass is 392 g/mol. The van der Waals surface area contributed by atoms with Crippen molar-refractivity contribution in [3.05, 3.63) is 48.0 Å². The minimum atomic E-state index is -3.64. The number of ether oxygens (including phenoxy) is 2. The van der Waals surface area contributed by atoms with Gasteiger partial charge in [0, 0.05) is 14.1 Å². The minimum absolute atomic E-state index is 0.0516. The Morgan fingerprint density at radius 1 is 1.11 bits per heavy atom. The standard InChI is InChI=1S/C19H24N2O5S/c1-13-6-8-15(9-7-13)26-14(2)19(22)20-17-12-16(10-11-18(17)25-5)27(23,24)21(3)4/h6-12,14H,1-5H3,(H,20,22). The number of nitrogens with one attached hydrogen (secondary N) is 1. The van der Waals surface area contributed by atoms with Crippen LogP contribution in [-0.2, 0) is 14.8 Å². The summed E-state index contributed by atoms with van der Waals surface area (Å²) >= 11 is 0. The molecule has 2 aromatic carbocycles. The first kappa shape index (κ1) is 20.7. The predicted octanol–water partition coefficient (Wildman–Crippen LogP) is 2.66. The minimum Gasteiger partial charge on any atom is -0.495 e. The molecule has 146 valence electrons. The summed E-state index contributed by atoms with van der Waals surface area (Å²) in [4.78, 5) is 12.5. The number of rotatable bonds is 7. The number of benzene rings is 2. The number of sulfonamides is 1. The highest BCUT2D eigenvalue weighted by atomic mass is 32.2. The summed E-state index contributed by atoms with van der Waals surface area (Å²) in [7, 11) is 0.684. The fourth-order valence-corrected chi connectivity index (χ4v) is 3.19. The molecule has 0 aromatic heterocycles. The molecular formula is C19H24N2O5S. The van der Waals surface area contributed by atoms with Crippen LogP contribution in [0, 0.1) is 6.92 Å². The van der Waals surface area contributed by atoms with Crippen LogP contribution in [0.5, 0.6) is 11.5 Å².